The van der Waals surface area contributed by atoms with E-state index in [4.69, 9.17) is 5.73 Å². The van der Waals surface area contributed by atoms with Gasteiger partial charge in [-0.05, 0) is 43.5 Å². The van der Waals surface area contributed by atoms with Crippen molar-refractivity contribution >= 4 is 15.8 Å². The lowest BCUT2D eigenvalue weighted by Gasteiger charge is -2.27. The lowest BCUT2D eigenvalue weighted by atomic mass is 10.1. The van der Waals surface area contributed by atoms with Crippen molar-refractivity contribution in [3.8, 4) is 0 Å². The average Bonchev–Trinajstić information content (AvgIpc) is 2.48. The van der Waals surface area contributed by atoms with Crippen molar-refractivity contribution in [2.75, 3.05) is 25.4 Å². The van der Waals surface area contributed by atoms with Gasteiger partial charge in [-0.1, -0.05) is 0 Å². The molecule has 21 heavy (non-hydrogen) atoms. The minimum atomic E-state index is -3.45. The van der Waals surface area contributed by atoms with Gasteiger partial charge < -0.3 is 10.6 Å². The third kappa shape index (κ3) is 4.42. The van der Waals surface area contributed by atoms with Gasteiger partial charge in [-0.3, -0.25) is 4.99 Å². The molecule has 7 heteroatoms. The molecule has 0 aromatic heterocycles. The van der Waals surface area contributed by atoms with Crippen molar-refractivity contribution in [1.29, 1.82) is 0 Å². The van der Waals surface area contributed by atoms with E-state index in [1.807, 2.05) is 4.90 Å². The lowest BCUT2D eigenvalue weighted by molar-refractivity contribution is 0.338. The molecule has 1 aliphatic rings. The van der Waals surface area contributed by atoms with Crippen LogP contribution in [0, 0.1) is 5.82 Å². The summed E-state index contributed by atoms with van der Waals surface area (Å²) in [7, 11) is -3.45. The number of hydrogen-bond donors (Lipinski definition) is 1. The van der Waals surface area contributed by atoms with Gasteiger partial charge in [0.2, 0.25) is 0 Å². The van der Waals surface area contributed by atoms with Crippen LogP contribution in [0.4, 0.5) is 4.39 Å². The standard InChI is InChI=1S/C14H20FN3O2S/c15-12-4-6-13(7-5-12)21(19,20)11-8-17-14(16)18-9-2-1-3-10-18/h4-7H,1-3,8-11H2,(H2,16,17). The summed E-state index contributed by atoms with van der Waals surface area (Å²) < 4.78 is 36.9. The molecule has 1 aromatic carbocycles. The van der Waals surface area contributed by atoms with Crippen LogP contribution in [-0.2, 0) is 9.84 Å². The number of piperidine rings is 1. The van der Waals surface area contributed by atoms with Crippen molar-refractivity contribution in [1.82, 2.24) is 4.90 Å². The first-order chi connectivity index (χ1) is 9.99. The van der Waals surface area contributed by atoms with Crippen LogP contribution in [0.3, 0.4) is 0 Å². The molecule has 1 fully saturated rings. The Kier molecular flexibility index (Phi) is 5.17. The highest BCUT2D eigenvalue weighted by molar-refractivity contribution is 7.91. The second-order valence-corrected chi connectivity index (χ2v) is 7.17. The molecule has 0 unspecified atom stereocenters. The van der Waals surface area contributed by atoms with E-state index in [0.29, 0.717) is 5.96 Å². The molecule has 1 heterocycles. The molecule has 2 rings (SSSR count). The highest BCUT2D eigenvalue weighted by Crippen LogP contribution is 2.12. The van der Waals surface area contributed by atoms with Crippen LogP contribution in [0.5, 0.6) is 0 Å². The van der Waals surface area contributed by atoms with Crippen molar-refractivity contribution in [2.45, 2.75) is 24.2 Å². The van der Waals surface area contributed by atoms with Crippen LogP contribution in [0.25, 0.3) is 0 Å². The lowest BCUT2D eigenvalue weighted by Crippen LogP contribution is -2.41. The maximum absolute atomic E-state index is 12.8. The van der Waals surface area contributed by atoms with Gasteiger partial charge in [0.1, 0.15) is 5.82 Å². The largest absolute Gasteiger partial charge is 0.370 e. The number of sulfone groups is 1. The first kappa shape index (κ1) is 15.8. The number of rotatable bonds is 4. The topological polar surface area (TPSA) is 75.8 Å². The first-order valence-corrected chi connectivity index (χ1v) is 8.67. The molecule has 1 aliphatic heterocycles. The van der Waals surface area contributed by atoms with Crippen LogP contribution in [0.1, 0.15) is 19.3 Å². The SMILES string of the molecule is NC(=NCCS(=O)(=O)c1ccc(F)cc1)N1CCCCC1. The van der Waals surface area contributed by atoms with Gasteiger partial charge in [-0.2, -0.15) is 0 Å². The zero-order valence-electron chi connectivity index (χ0n) is 11.8. The maximum Gasteiger partial charge on any atom is 0.191 e. The zero-order chi connectivity index (χ0) is 15.3. The van der Waals surface area contributed by atoms with Gasteiger partial charge in [0.15, 0.2) is 15.8 Å². The van der Waals surface area contributed by atoms with E-state index in [1.54, 1.807) is 0 Å². The van der Waals surface area contributed by atoms with E-state index in [1.165, 1.54) is 18.6 Å². The smallest absolute Gasteiger partial charge is 0.191 e. The Morgan fingerprint density at radius 3 is 2.43 bits per heavy atom. The van der Waals surface area contributed by atoms with Crippen molar-refractivity contribution in [2.24, 2.45) is 10.7 Å². The minimum Gasteiger partial charge on any atom is -0.370 e. The third-order valence-corrected chi connectivity index (χ3v) is 5.20. The summed E-state index contributed by atoms with van der Waals surface area (Å²) in [6, 6.07) is 4.81. The van der Waals surface area contributed by atoms with Crippen LogP contribution < -0.4 is 5.73 Å². The number of likely N-dealkylation sites (tertiary alicyclic amines) is 1. The van der Waals surface area contributed by atoms with E-state index in [0.717, 1.165) is 38.1 Å². The molecule has 1 saturated heterocycles. The number of nitrogens with two attached hydrogens (primary N) is 1. The monoisotopic (exact) mass is 313 g/mol. The number of benzene rings is 1. The molecule has 0 aliphatic carbocycles. The predicted molar refractivity (Wildman–Crippen MR) is 80.4 cm³/mol. The fourth-order valence-corrected chi connectivity index (χ4v) is 3.38. The number of hydrogen-bond acceptors (Lipinski definition) is 3. The summed E-state index contributed by atoms with van der Waals surface area (Å²) in [6.07, 6.45) is 3.37. The van der Waals surface area contributed by atoms with Gasteiger partial charge in [-0.15, -0.1) is 0 Å². The summed E-state index contributed by atoms with van der Waals surface area (Å²) in [5, 5.41) is 0. The number of halogens is 1. The number of nitrogens with zero attached hydrogens (tertiary/aromatic N) is 2. The summed E-state index contributed by atoms with van der Waals surface area (Å²) in [5.74, 6) is -0.182. The average molecular weight is 313 g/mol. The number of aliphatic imine (C=N–C) groups is 1. The van der Waals surface area contributed by atoms with Crippen LogP contribution in [-0.4, -0.2) is 44.7 Å². The Morgan fingerprint density at radius 1 is 1.19 bits per heavy atom. The summed E-state index contributed by atoms with van der Waals surface area (Å²) in [6.45, 7) is 1.86. The van der Waals surface area contributed by atoms with E-state index in [9.17, 15) is 12.8 Å². The Labute approximate surface area is 124 Å². The second kappa shape index (κ2) is 6.89. The van der Waals surface area contributed by atoms with Gasteiger partial charge in [-0.25, -0.2) is 12.8 Å². The van der Waals surface area contributed by atoms with Crippen molar-refractivity contribution in [3.63, 3.8) is 0 Å². The van der Waals surface area contributed by atoms with Crippen molar-refractivity contribution in [3.05, 3.63) is 30.1 Å². The predicted octanol–water partition coefficient (Wildman–Crippen LogP) is 1.40. The molecule has 0 spiro atoms. The number of guanidine groups is 1. The molecular weight excluding hydrogens is 293 g/mol. The highest BCUT2D eigenvalue weighted by atomic mass is 32.2. The van der Waals surface area contributed by atoms with E-state index in [-0.39, 0.29) is 17.2 Å². The molecule has 0 atom stereocenters. The first-order valence-electron chi connectivity index (χ1n) is 7.02. The molecule has 0 saturated carbocycles. The van der Waals surface area contributed by atoms with E-state index >= 15 is 0 Å². The zero-order valence-corrected chi connectivity index (χ0v) is 12.7. The van der Waals surface area contributed by atoms with Crippen molar-refractivity contribution < 1.29 is 12.8 Å². The molecule has 0 amide bonds. The van der Waals surface area contributed by atoms with E-state index in [2.05, 4.69) is 4.99 Å². The highest BCUT2D eigenvalue weighted by Gasteiger charge is 2.15. The minimum absolute atomic E-state index is 0.107. The molecule has 0 bridgehead atoms. The van der Waals surface area contributed by atoms with Crippen LogP contribution in [0.15, 0.2) is 34.2 Å². The van der Waals surface area contributed by atoms with Crippen LogP contribution in [0.2, 0.25) is 0 Å². The molecule has 5 nitrogen and oxygen atoms in total. The maximum atomic E-state index is 12.8. The Morgan fingerprint density at radius 2 is 1.81 bits per heavy atom. The quantitative estimate of drug-likeness (QED) is 0.518. The summed E-state index contributed by atoms with van der Waals surface area (Å²) in [4.78, 5) is 6.23. The normalized spacial score (nSPS) is 17.0. The molecular formula is C14H20FN3O2S. The summed E-state index contributed by atoms with van der Waals surface area (Å²) >= 11 is 0. The fourth-order valence-electron chi connectivity index (χ4n) is 2.26. The third-order valence-electron chi connectivity index (χ3n) is 3.49. The molecule has 2 N–H and O–H groups in total. The van der Waals surface area contributed by atoms with Gasteiger partial charge in [0, 0.05) is 13.1 Å². The molecule has 116 valence electrons. The van der Waals surface area contributed by atoms with E-state index < -0.39 is 15.7 Å². The molecule has 0 radical (unpaired) electrons. The second-order valence-electron chi connectivity index (χ2n) is 5.06. The van der Waals surface area contributed by atoms with Crippen LogP contribution >= 0.6 is 0 Å². The Hall–Kier alpha value is -1.63. The fraction of sp³-hybridized carbons (Fsp3) is 0.500. The molecule has 1 aromatic rings. The Bertz CT molecular complexity index is 593. The Balaban J connectivity index is 1.93. The van der Waals surface area contributed by atoms with Gasteiger partial charge in [0.05, 0.1) is 17.2 Å². The summed E-state index contributed by atoms with van der Waals surface area (Å²) in [5.41, 5.74) is 5.87. The van der Waals surface area contributed by atoms with Gasteiger partial charge >= 0.3 is 0 Å². The van der Waals surface area contributed by atoms with Gasteiger partial charge in [0.25, 0.3) is 0 Å².